The van der Waals surface area contributed by atoms with Crippen molar-refractivity contribution in [3.05, 3.63) is 35.5 Å². The molecule has 2 rings (SSSR count). The van der Waals surface area contributed by atoms with Crippen LogP contribution in [-0.2, 0) is 5.60 Å². The SMILES string of the molecule is CSc1nnc(C(N)=O)c(Nc2ccc(C(O)(C(F)(F)F)C(F)(F)F)cc2)n1. The second-order valence-corrected chi connectivity index (χ2v) is 6.04. The van der Waals surface area contributed by atoms with E-state index in [2.05, 4.69) is 20.5 Å². The first-order chi connectivity index (χ1) is 12.8. The molecule has 0 fully saturated rings. The predicted octanol–water partition coefficient (Wildman–Crippen LogP) is 2.75. The molecule has 0 spiro atoms. The van der Waals surface area contributed by atoms with Crippen LogP contribution in [0.5, 0.6) is 0 Å². The van der Waals surface area contributed by atoms with E-state index in [0.717, 1.165) is 23.9 Å². The molecular weight excluding hydrogens is 416 g/mol. The van der Waals surface area contributed by atoms with E-state index in [1.807, 2.05) is 0 Å². The number of aliphatic hydroxyl groups is 1. The Morgan fingerprint density at radius 3 is 2.04 bits per heavy atom. The molecule has 152 valence electrons. The zero-order valence-corrected chi connectivity index (χ0v) is 14.6. The second kappa shape index (κ2) is 7.43. The number of nitrogens with one attached hydrogen (secondary N) is 1. The first-order valence-electron chi connectivity index (χ1n) is 7.13. The molecule has 1 aromatic carbocycles. The predicted molar refractivity (Wildman–Crippen MR) is 85.9 cm³/mol. The monoisotopic (exact) mass is 427 g/mol. The molecule has 0 unspecified atom stereocenters. The van der Waals surface area contributed by atoms with E-state index in [4.69, 9.17) is 5.73 Å². The maximum atomic E-state index is 12.9. The van der Waals surface area contributed by atoms with Gasteiger partial charge < -0.3 is 16.2 Å². The summed E-state index contributed by atoms with van der Waals surface area (Å²) in [5.41, 5.74) is -1.77. The maximum absolute atomic E-state index is 12.9. The van der Waals surface area contributed by atoms with Crippen molar-refractivity contribution >= 4 is 29.2 Å². The number of primary amides is 1. The van der Waals surface area contributed by atoms with Gasteiger partial charge in [0.15, 0.2) is 11.5 Å². The third kappa shape index (κ3) is 3.96. The highest BCUT2D eigenvalue weighted by Crippen LogP contribution is 2.50. The van der Waals surface area contributed by atoms with E-state index in [-0.39, 0.29) is 22.4 Å². The first kappa shape index (κ1) is 21.7. The highest BCUT2D eigenvalue weighted by Gasteiger charge is 2.71. The molecule has 2 aromatic rings. The summed E-state index contributed by atoms with van der Waals surface area (Å²) in [6.07, 6.45) is -10.4. The molecule has 7 nitrogen and oxygen atoms in total. The smallest absolute Gasteiger partial charge is 0.369 e. The zero-order valence-electron chi connectivity index (χ0n) is 13.8. The molecule has 0 atom stereocenters. The summed E-state index contributed by atoms with van der Waals surface area (Å²) in [5.74, 6) is -1.20. The number of carbonyl (C=O) groups excluding carboxylic acids is 1. The lowest BCUT2D eigenvalue weighted by Crippen LogP contribution is -2.53. The number of carbonyl (C=O) groups is 1. The third-order valence-corrected chi connectivity index (χ3v) is 4.01. The van der Waals surface area contributed by atoms with Gasteiger partial charge in [0.25, 0.3) is 11.5 Å². The minimum atomic E-state index is -6.00. The number of alkyl halides is 6. The van der Waals surface area contributed by atoms with Crippen molar-refractivity contribution in [1.29, 1.82) is 0 Å². The van der Waals surface area contributed by atoms with Gasteiger partial charge in [-0.3, -0.25) is 4.79 Å². The lowest BCUT2D eigenvalue weighted by atomic mass is 9.92. The van der Waals surface area contributed by atoms with Crippen LogP contribution in [0.2, 0.25) is 0 Å². The van der Waals surface area contributed by atoms with Crippen LogP contribution in [0, 0.1) is 0 Å². The minimum Gasteiger partial charge on any atom is -0.369 e. The lowest BCUT2D eigenvalue weighted by molar-refractivity contribution is -0.376. The Kier molecular flexibility index (Phi) is 5.75. The standard InChI is InChI=1S/C14H11F6N5O2S/c1-28-11-23-10(8(9(21)26)24-25-11)22-7-4-2-6(3-5-7)12(27,13(15,16)17)14(18,19)20/h2-5,27H,1H3,(H2,21,26)(H,22,23,25). The number of hydrogen-bond acceptors (Lipinski definition) is 7. The molecule has 1 amide bonds. The Morgan fingerprint density at radius 1 is 1.07 bits per heavy atom. The molecule has 4 N–H and O–H groups in total. The van der Waals surface area contributed by atoms with Crippen molar-refractivity contribution in [1.82, 2.24) is 15.2 Å². The fourth-order valence-electron chi connectivity index (χ4n) is 2.07. The average Bonchev–Trinajstić information content (AvgIpc) is 2.59. The van der Waals surface area contributed by atoms with Crippen molar-refractivity contribution in [2.24, 2.45) is 5.73 Å². The molecule has 14 heteroatoms. The van der Waals surface area contributed by atoms with Crippen LogP contribution < -0.4 is 11.1 Å². The number of anilines is 2. The fraction of sp³-hybridized carbons (Fsp3) is 0.286. The molecular formula is C14H11F6N5O2S. The van der Waals surface area contributed by atoms with Crippen LogP contribution in [-0.4, -0.2) is 44.8 Å². The number of nitrogens with zero attached hydrogens (tertiary/aromatic N) is 3. The van der Waals surface area contributed by atoms with Crippen LogP contribution in [0.15, 0.2) is 29.4 Å². The van der Waals surface area contributed by atoms with E-state index in [1.165, 1.54) is 0 Å². The van der Waals surface area contributed by atoms with Crippen LogP contribution in [0.25, 0.3) is 0 Å². The molecule has 0 aliphatic rings. The van der Waals surface area contributed by atoms with Gasteiger partial charge in [-0.1, -0.05) is 23.9 Å². The quantitative estimate of drug-likeness (QED) is 0.497. The number of benzene rings is 1. The molecule has 0 aliphatic carbocycles. The third-order valence-electron chi connectivity index (χ3n) is 3.47. The van der Waals surface area contributed by atoms with Gasteiger partial charge in [-0.2, -0.15) is 26.3 Å². The normalized spacial score (nSPS) is 12.7. The first-order valence-corrected chi connectivity index (χ1v) is 8.35. The minimum absolute atomic E-state index is 0.0366. The maximum Gasteiger partial charge on any atom is 0.430 e. The Hall–Kier alpha value is -2.61. The number of hydrogen-bond donors (Lipinski definition) is 3. The van der Waals surface area contributed by atoms with Crippen molar-refractivity contribution in [2.75, 3.05) is 11.6 Å². The van der Waals surface area contributed by atoms with E-state index in [1.54, 1.807) is 6.26 Å². The fourth-order valence-corrected chi connectivity index (χ4v) is 2.38. The van der Waals surface area contributed by atoms with Gasteiger partial charge >= 0.3 is 12.4 Å². The lowest BCUT2D eigenvalue weighted by Gasteiger charge is -2.32. The summed E-state index contributed by atoms with van der Waals surface area (Å²) in [6.45, 7) is 0. The van der Waals surface area contributed by atoms with Gasteiger partial charge in [-0.05, 0) is 18.4 Å². The van der Waals surface area contributed by atoms with Crippen molar-refractivity contribution in [2.45, 2.75) is 23.1 Å². The van der Waals surface area contributed by atoms with Gasteiger partial charge in [0.2, 0.25) is 5.16 Å². The molecule has 0 radical (unpaired) electrons. The number of halogens is 6. The Morgan fingerprint density at radius 2 is 1.61 bits per heavy atom. The number of rotatable bonds is 5. The molecule has 1 heterocycles. The number of nitrogens with two attached hydrogens (primary N) is 1. The van der Waals surface area contributed by atoms with E-state index < -0.39 is 29.4 Å². The molecule has 0 saturated carbocycles. The highest BCUT2D eigenvalue weighted by molar-refractivity contribution is 7.98. The summed E-state index contributed by atoms with van der Waals surface area (Å²) in [5, 5.41) is 19.2. The summed E-state index contributed by atoms with van der Waals surface area (Å²) in [4.78, 5) is 15.3. The summed E-state index contributed by atoms with van der Waals surface area (Å²) in [7, 11) is 0. The molecule has 0 saturated heterocycles. The van der Waals surface area contributed by atoms with Crippen LogP contribution in [0.4, 0.5) is 37.8 Å². The Labute approximate surface area is 157 Å². The number of aromatic nitrogens is 3. The Bertz CT molecular complexity index is 858. The van der Waals surface area contributed by atoms with E-state index >= 15 is 0 Å². The van der Waals surface area contributed by atoms with Gasteiger partial charge in [0.1, 0.15) is 0 Å². The summed E-state index contributed by atoms with van der Waals surface area (Å²) >= 11 is 1.07. The van der Waals surface area contributed by atoms with Gasteiger partial charge in [-0.15, -0.1) is 10.2 Å². The summed E-state index contributed by atoms with van der Waals surface area (Å²) < 4.78 is 77.4. The van der Waals surface area contributed by atoms with E-state index in [0.29, 0.717) is 12.1 Å². The zero-order chi connectivity index (χ0) is 21.3. The summed E-state index contributed by atoms with van der Waals surface area (Å²) in [6, 6.07) is 2.56. The van der Waals surface area contributed by atoms with Gasteiger partial charge in [0.05, 0.1) is 0 Å². The average molecular weight is 427 g/mol. The van der Waals surface area contributed by atoms with Crippen LogP contribution >= 0.6 is 11.8 Å². The van der Waals surface area contributed by atoms with Crippen molar-refractivity contribution in [3.8, 4) is 0 Å². The largest absolute Gasteiger partial charge is 0.430 e. The molecule has 1 aromatic heterocycles. The van der Waals surface area contributed by atoms with Crippen LogP contribution in [0.1, 0.15) is 16.1 Å². The number of thioether (sulfide) groups is 1. The van der Waals surface area contributed by atoms with Crippen LogP contribution in [0.3, 0.4) is 0 Å². The van der Waals surface area contributed by atoms with Crippen molar-refractivity contribution < 1.29 is 36.2 Å². The van der Waals surface area contributed by atoms with Crippen molar-refractivity contribution in [3.63, 3.8) is 0 Å². The molecule has 28 heavy (non-hydrogen) atoms. The second-order valence-electron chi connectivity index (χ2n) is 5.27. The van der Waals surface area contributed by atoms with Gasteiger partial charge in [0, 0.05) is 11.3 Å². The topological polar surface area (TPSA) is 114 Å². The number of amides is 1. The highest BCUT2D eigenvalue weighted by atomic mass is 32.2. The Balaban J connectivity index is 2.42. The molecule has 0 bridgehead atoms. The van der Waals surface area contributed by atoms with E-state index in [9.17, 15) is 36.2 Å². The molecule has 0 aliphatic heterocycles. The van der Waals surface area contributed by atoms with Gasteiger partial charge in [-0.25, -0.2) is 4.98 Å².